The molecule has 0 aliphatic rings. The first-order chi connectivity index (χ1) is 9.03. The van der Waals surface area contributed by atoms with Crippen molar-refractivity contribution in [3.05, 3.63) is 42.0 Å². The summed E-state index contributed by atoms with van der Waals surface area (Å²) in [6.45, 7) is -0.0483. The predicted octanol–water partition coefficient (Wildman–Crippen LogP) is -0.214. The zero-order chi connectivity index (χ0) is 13.9. The zero-order valence-corrected chi connectivity index (χ0v) is 11.1. The zero-order valence-electron chi connectivity index (χ0n) is 10.3. The molecule has 0 unspecified atom stereocenters. The number of sulfonamides is 1. The Kier molecular flexibility index (Phi) is 3.93. The molecule has 1 aromatic heterocycles. The van der Waals surface area contributed by atoms with E-state index in [1.165, 1.54) is 18.5 Å². The quantitative estimate of drug-likeness (QED) is 0.790. The van der Waals surface area contributed by atoms with E-state index in [4.69, 9.17) is 5.11 Å². The summed E-state index contributed by atoms with van der Waals surface area (Å²) in [7, 11) is -1.86. The van der Waals surface area contributed by atoms with E-state index >= 15 is 0 Å². The van der Waals surface area contributed by atoms with Gasteiger partial charge in [0, 0.05) is 7.05 Å². The van der Waals surface area contributed by atoms with Crippen LogP contribution in [0.15, 0.2) is 35.5 Å². The second-order valence-electron chi connectivity index (χ2n) is 3.98. The molecule has 0 fully saturated rings. The van der Waals surface area contributed by atoms with Crippen molar-refractivity contribution in [3.8, 4) is 0 Å². The SMILES string of the molecule is Cn1cnnc1CNS(=O)(=O)c1ccc(CO)cc1. The van der Waals surface area contributed by atoms with Crippen LogP contribution < -0.4 is 4.72 Å². The number of aryl methyl sites for hydroxylation is 1. The van der Waals surface area contributed by atoms with E-state index in [-0.39, 0.29) is 18.0 Å². The molecule has 1 heterocycles. The van der Waals surface area contributed by atoms with Crippen LogP contribution in [0.4, 0.5) is 0 Å². The molecular formula is C11H14N4O3S. The lowest BCUT2D eigenvalue weighted by atomic mass is 10.2. The van der Waals surface area contributed by atoms with Crippen LogP contribution in [0.2, 0.25) is 0 Å². The molecule has 0 atom stereocenters. The van der Waals surface area contributed by atoms with Crippen LogP contribution >= 0.6 is 0 Å². The number of aliphatic hydroxyl groups is 1. The van der Waals surface area contributed by atoms with Gasteiger partial charge in [0.2, 0.25) is 10.0 Å². The summed E-state index contributed by atoms with van der Waals surface area (Å²) in [5.41, 5.74) is 0.659. The number of nitrogens with zero attached hydrogens (tertiary/aromatic N) is 3. The van der Waals surface area contributed by atoms with Crippen molar-refractivity contribution < 1.29 is 13.5 Å². The Bertz CT molecular complexity index is 649. The minimum atomic E-state index is -3.59. The van der Waals surface area contributed by atoms with E-state index in [1.807, 2.05) is 0 Å². The predicted molar refractivity (Wildman–Crippen MR) is 67.4 cm³/mol. The van der Waals surface area contributed by atoms with Gasteiger partial charge in [0.25, 0.3) is 0 Å². The molecule has 2 aromatic rings. The summed E-state index contributed by atoms with van der Waals surface area (Å²) in [4.78, 5) is 0.145. The van der Waals surface area contributed by atoms with Gasteiger partial charge in [-0.2, -0.15) is 0 Å². The maximum atomic E-state index is 12.0. The number of nitrogens with one attached hydrogen (secondary N) is 1. The Balaban J connectivity index is 2.11. The van der Waals surface area contributed by atoms with Crippen LogP contribution in [-0.2, 0) is 30.2 Å². The van der Waals surface area contributed by atoms with Gasteiger partial charge in [-0.15, -0.1) is 10.2 Å². The Morgan fingerprint density at radius 1 is 1.32 bits per heavy atom. The van der Waals surface area contributed by atoms with Crippen molar-refractivity contribution in [2.75, 3.05) is 0 Å². The summed E-state index contributed by atoms with van der Waals surface area (Å²) in [6.07, 6.45) is 1.50. The number of hydrogen-bond donors (Lipinski definition) is 2. The second-order valence-corrected chi connectivity index (χ2v) is 5.75. The summed E-state index contributed by atoms with van der Waals surface area (Å²) in [5.74, 6) is 0.524. The largest absolute Gasteiger partial charge is 0.392 e. The van der Waals surface area contributed by atoms with E-state index in [0.29, 0.717) is 11.4 Å². The van der Waals surface area contributed by atoms with Gasteiger partial charge in [-0.25, -0.2) is 13.1 Å². The fourth-order valence-corrected chi connectivity index (χ4v) is 2.46. The Morgan fingerprint density at radius 3 is 2.53 bits per heavy atom. The van der Waals surface area contributed by atoms with Crippen molar-refractivity contribution in [2.24, 2.45) is 7.05 Å². The lowest BCUT2D eigenvalue weighted by Crippen LogP contribution is -2.24. The summed E-state index contributed by atoms with van der Waals surface area (Å²) < 4.78 is 28.1. The van der Waals surface area contributed by atoms with Gasteiger partial charge in [0.1, 0.15) is 12.2 Å². The molecule has 0 aliphatic heterocycles. The first-order valence-electron chi connectivity index (χ1n) is 5.55. The standard InChI is InChI=1S/C11H14N4O3S/c1-15-8-12-14-11(15)6-13-19(17,18)10-4-2-9(7-16)3-5-10/h2-5,8,13,16H,6-7H2,1H3. The van der Waals surface area contributed by atoms with E-state index in [1.54, 1.807) is 23.7 Å². The van der Waals surface area contributed by atoms with Crippen LogP contribution in [0.3, 0.4) is 0 Å². The van der Waals surface area contributed by atoms with Crippen LogP contribution in [0.1, 0.15) is 11.4 Å². The third-order valence-corrected chi connectivity index (χ3v) is 4.06. The molecule has 0 saturated heterocycles. The van der Waals surface area contributed by atoms with Crippen LogP contribution in [0.25, 0.3) is 0 Å². The molecule has 0 saturated carbocycles. The van der Waals surface area contributed by atoms with Crippen LogP contribution in [0.5, 0.6) is 0 Å². The minimum Gasteiger partial charge on any atom is -0.392 e. The normalized spacial score (nSPS) is 11.7. The van der Waals surface area contributed by atoms with Crippen molar-refractivity contribution in [1.29, 1.82) is 0 Å². The van der Waals surface area contributed by atoms with Gasteiger partial charge in [0.15, 0.2) is 0 Å². The average Bonchev–Trinajstić information content (AvgIpc) is 2.82. The first-order valence-corrected chi connectivity index (χ1v) is 7.03. The molecule has 19 heavy (non-hydrogen) atoms. The molecule has 0 bridgehead atoms. The fraction of sp³-hybridized carbons (Fsp3) is 0.273. The summed E-state index contributed by atoms with van der Waals surface area (Å²) in [6, 6.07) is 6.03. The number of aliphatic hydroxyl groups excluding tert-OH is 1. The van der Waals surface area contributed by atoms with Gasteiger partial charge in [0.05, 0.1) is 18.0 Å². The van der Waals surface area contributed by atoms with Gasteiger partial charge >= 0.3 is 0 Å². The minimum absolute atomic E-state index is 0.0700. The van der Waals surface area contributed by atoms with Gasteiger partial charge < -0.3 is 9.67 Å². The molecule has 102 valence electrons. The molecule has 1 aromatic carbocycles. The average molecular weight is 282 g/mol. The second kappa shape index (κ2) is 5.47. The van der Waals surface area contributed by atoms with Crippen molar-refractivity contribution in [2.45, 2.75) is 18.0 Å². The molecule has 2 N–H and O–H groups in total. The van der Waals surface area contributed by atoms with E-state index in [2.05, 4.69) is 14.9 Å². The maximum absolute atomic E-state index is 12.0. The Hall–Kier alpha value is -1.77. The van der Waals surface area contributed by atoms with Crippen LogP contribution in [-0.4, -0.2) is 28.3 Å². The highest BCUT2D eigenvalue weighted by molar-refractivity contribution is 7.89. The topological polar surface area (TPSA) is 97.1 Å². The molecule has 0 amide bonds. The third-order valence-electron chi connectivity index (χ3n) is 2.64. The van der Waals surface area contributed by atoms with Gasteiger partial charge in [-0.3, -0.25) is 0 Å². The van der Waals surface area contributed by atoms with Crippen molar-refractivity contribution in [1.82, 2.24) is 19.5 Å². The Labute approximate surface area is 111 Å². The van der Waals surface area contributed by atoms with E-state index < -0.39 is 10.0 Å². The first kappa shape index (κ1) is 13.7. The molecule has 0 aliphatic carbocycles. The molecule has 0 spiro atoms. The lowest BCUT2D eigenvalue weighted by Gasteiger charge is -2.06. The molecule has 7 nitrogen and oxygen atoms in total. The molecule has 8 heteroatoms. The van der Waals surface area contributed by atoms with Gasteiger partial charge in [-0.1, -0.05) is 12.1 Å². The van der Waals surface area contributed by atoms with Crippen molar-refractivity contribution >= 4 is 10.0 Å². The van der Waals surface area contributed by atoms with E-state index in [9.17, 15) is 8.42 Å². The van der Waals surface area contributed by atoms with Crippen molar-refractivity contribution in [3.63, 3.8) is 0 Å². The molecule has 2 rings (SSSR count). The molecular weight excluding hydrogens is 268 g/mol. The number of benzene rings is 1. The van der Waals surface area contributed by atoms with Gasteiger partial charge in [-0.05, 0) is 17.7 Å². The highest BCUT2D eigenvalue weighted by atomic mass is 32.2. The highest BCUT2D eigenvalue weighted by Crippen LogP contribution is 2.10. The molecule has 0 radical (unpaired) electrons. The number of aromatic nitrogens is 3. The summed E-state index contributed by atoms with van der Waals surface area (Å²) in [5, 5.41) is 16.4. The smallest absolute Gasteiger partial charge is 0.240 e. The highest BCUT2D eigenvalue weighted by Gasteiger charge is 2.14. The third kappa shape index (κ3) is 3.16. The Morgan fingerprint density at radius 2 is 2.00 bits per heavy atom. The number of hydrogen-bond acceptors (Lipinski definition) is 5. The van der Waals surface area contributed by atoms with Crippen LogP contribution in [0, 0.1) is 0 Å². The lowest BCUT2D eigenvalue weighted by molar-refractivity contribution is 0.282. The monoisotopic (exact) mass is 282 g/mol. The maximum Gasteiger partial charge on any atom is 0.240 e. The van der Waals surface area contributed by atoms with E-state index in [0.717, 1.165) is 0 Å². The summed E-state index contributed by atoms with van der Waals surface area (Å²) >= 11 is 0. The number of rotatable bonds is 5. The fourth-order valence-electron chi connectivity index (χ4n) is 1.48.